The number of rotatable bonds is 7. The maximum Gasteiger partial charge on any atom is 0.422 e. The molecule has 5 nitrogen and oxygen atoms in total. The van der Waals surface area contributed by atoms with E-state index in [4.69, 9.17) is 9.47 Å². The monoisotopic (exact) mass is 423 g/mol. The zero-order valence-corrected chi connectivity index (χ0v) is 16.6. The molecule has 1 unspecified atom stereocenters. The summed E-state index contributed by atoms with van der Waals surface area (Å²) in [6.07, 6.45) is -2.69. The fourth-order valence-electron chi connectivity index (χ4n) is 3.04. The summed E-state index contributed by atoms with van der Waals surface area (Å²) in [7, 11) is 0. The summed E-state index contributed by atoms with van der Waals surface area (Å²) in [4.78, 5) is 12.3. The lowest BCUT2D eigenvalue weighted by Gasteiger charge is -2.16. The molecule has 0 radical (unpaired) electrons. The summed E-state index contributed by atoms with van der Waals surface area (Å²) >= 11 is 0. The van der Waals surface area contributed by atoms with Crippen molar-refractivity contribution in [3.8, 4) is 17.2 Å². The first-order valence-corrected chi connectivity index (χ1v) is 9.77. The third-order valence-corrected chi connectivity index (χ3v) is 4.61. The van der Waals surface area contributed by atoms with E-state index in [1.165, 1.54) is 12.1 Å². The number of halogens is 3. The lowest BCUT2D eigenvalue weighted by molar-refractivity contribution is -0.153. The highest BCUT2D eigenvalue weighted by molar-refractivity contribution is 5.76. The lowest BCUT2D eigenvalue weighted by Crippen LogP contribution is -2.26. The summed E-state index contributed by atoms with van der Waals surface area (Å²) in [6, 6.07) is 11.6. The highest BCUT2D eigenvalue weighted by atomic mass is 19.4. The summed E-state index contributed by atoms with van der Waals surface area (Å²) in [5.41, 5.74) is 1.76. The van der Waals surface area contributed by atoms with Gasteiger partial charge in [-0.3, -0.25) is 4.79 Å². The van der Waals surface area contributed by atoms with Gasteiger partial charge in [-0.2, -0.15) is 13.2 Å². The fraction of sp³-hybridized carbons (Fsp3) is 0.409. The SMILES string of the molecule is CC(NC(=O)CCc1ccc2c(c1)OCCCO2)c1ccc(OCC(F)(F)F)cc1. The van der Waals surface area contributed by atoms with Crippen LogP contribution in [-0.4, -0.2) is 31.9 Å². The molecule has 1 N–H and O–H groups in total. The third-order valence-electron chi connectivity index (χ3n) is 4.61. The molecule has 2 aromatic rings. The van der Waals surface area contributed by atoms with Crippen molar-refractivity contribution < 1.29 is 32.2 Å². The average Bonchev–Trinajstić information content (AvgIpc) is 2.95. The Bertz CT molecular complexity index is 852. The van der Waals surface area contributed by atoms with Gasteiger partial charge < -0.3 is 19.5 Å². The third kappa shape index (κ3) is 6.57. The number of alkyl halides is 3. The summed E-state index contributed by atoms with van der Waals surface area (Å²) in [5.74, 6) is 1.43. The molecule has 0 saturated heterocycles. The van der Waals surface area contributed by atoms with Gasteiger partial charge in [-0.15, -0.1) is 0 Å². The Balaban J connectivity index is 1.48. The molecule has 1 atom stereocenters. The summed E-state index contributed by atoms with van der Waals surface area (Å²) in [6.45, 7) is 1.71. The van der Waals surface area contributed by atoms with Gasteiger partial charge >= 0.3 is 6.18 Å². The largest absolute Gasteiger partial charge is 0.490 e. The summed E-state index contributed by atoms with van der Waals surface area (Å²) < 4.78 is 52.6. The minimum Gasteiger partial charge on any atom is -0.490 e. The topological polar surface area (TPSA) is 56.8 Å². The Morgan fingerprint density at radius 3 is 2.50 bits per heavy atom. The maximum atomic E-state index is 12.3. The van der Waals surface area contributed by atoms with Gasteiger partial charge in [0.15, 0.2) is 18.1 Å². The fourth-order valence-corrected chi connectivity index (χ4v) is 3.04. The molecule has 2 aromatic carbocycles. The molecule has 0 saturated carbocycles. The van der Waals surface area contributed by atoms with Crippen molar-refractivity contribution in [3.05, 3.63) is 53.6 Å². The first-order chi connectivity index (χ1) is 14.3. The predicted molar refractivity (Wildman–Crippen MR) is 105 cm³/mol. The Morgan fingerprint density at radius 1 is 1.10 bits per heavy atom. The van der Waals surface area contributed by atoms with Crippen LogP contribution in [0.1, 0.15) is 36.9 Å². The highest BCUT2D eigenvalue weighted by Gasteiger charge is 2.28. The van der Waals surface area contributed by atoms with Gasteiger partial charge in [-0.05, 0) is 48.7 Å². The molecule has 0 fully saturated rings. The van der Waals surface area contributed by atoms with E-state index in [2.05, 4.69) is 10.1 Å². The smallest absolute Gasteiger partial charge is 0.422 e. The number of benzene rings is 2. The second-order valence-corrected chi connectivity index (χ2v) is 7.09. The second-order valence-electron chi connectivity index (χ2n) is 7.09. The number of amides is 1. The highest BCUT2D eigenvalue weighted by Crippen LogP contribution is 2.30. The van der Waals surface area contributed by atoms with Crippen LogP contribution in [0.3, 0.4) is 0 Å². The number of carbonyl (C=O) groups excluding carboxylic acids is 1. The van der Waals surface area contributed by atoms with Gasteiger partial charge in [0.25, 0.3) is 0 Å². The molecule has 0 aromatic heterocycles. The van der Waals surface area contributed by atoms with Crippen LogP contribution in [0.5, 0.6) is 17.2 Å². The van der Waals surface area contributed by atoms with E-state index in [1.807, 2.05) is 25.1 Å². The quantitative estimate of drug-likeness (QED) is 0.707. The van der Waals surface area contributed by atoms with E-state index in [0.29, 0.717) is 31.8 Å². The molecule has 0 aliphatic carbocycles. The number of carbonyl (C=O) groups is 1. The second kappa shape index (κ2) is 9.73. The predicted octanol–water partition coefficient (Wildman–Crippen LogP) is 4.60. The van der Waals surface area contributed by atoms with Crippen molar-refractivity contribution in [2.45, 2.75) is 38.4 Å². The molecule has 3 rings (SSSR count). The van der Waals surface area contributed by atoms with Crippen LogP contribution in [-0.2, 0) is 11.2 Å². The number of fused-ring (bicyclic) bond motifs is 1. The van der Waals surface area contributed by atoms with Crippen molar-refractivity contribution in [2.75, 3.05) is 19.8 Å². The molecule has 0 bridgehead atoms. The van der Waals surface area contributed by atoms with E-state index in [-0.39, 0.29) is 17.7 Å². The standard InChI is InChI=1S/C22H24F3NO4/c1-15(17-5-7-18(8-6-17)30-14-22(23,24)25)26-21(27)10-4-16-3-9-19-20(13-16)29-12-2-11-28-19/h3,5-9,13,15H,2,4,10-12,14H2,1H3,(H,26,27). The number of ether oxygens (including phenoxy) is 3. The Hall–Kier alpha value is -2.90. The molecule has 1 aliphatic rings. The van der Waals surface area contributed by atoms with Crippen molar-refractivity contribution >= 4 is 5.91 Å². The minimum absolute atomic E-state index is 0.119. The maximum absolute atomic E-state index is 12.3. The Labute approximate surface area is 173 Å². The first kappa shape index (κ1) is 21.8. The number of aryl methyl sites for hydroxylation is 1. The van der Waals surface area contributed by atoms with E-state index >= 15 is 0 Å². The van der Waals surface area contributed by atoms with Crippen LogP contribution in [0.25, 0.3) is 0 Å². The zero-order valence-electron chi connectivity index (χ0n) is 16.6. The van der Waals surface area contributed by atoms with Crippen molar-refractivity contribution in [1.82, 2.24) is 5.32 Å². The number of nitrogens with one attached hydrogen (secondary N) is 1. The van der Waals surface area contributed by atoms with Crippen LogP contribution in [0.15, 0.2) is 42.5 Å². The van der Waals surface area contributed by atoms with Gasteiger partial charge in [0.2, 0.25) is 5.91 Å². The molecule has 1 heterocycles. The molecule has 1 aliphatic heterocycles. The van der Waals surface area contributed by atoms with E-state index in [9.17, 15) is 18.0 Å². The van der Waals surface area contributed by atoms with E-state index < -0.39 is 12.8 Å². The minimum atomic E-state index is -4.38. The van der Waals surface area contributed by atoms with Crippen LogP contribution < -0.4 is 19.5 Å². The van der Waals surface area contributed by atoms with Gasteiger partial charge in [0, 0.05) is 12.8 Å². The molecule has 162 valence electrons. The van der Waals surface area contributed by atoms with Crippen LogP contribution in [0.4, 0.5) is 13.2 Å². The first-order valence-electron chi connectivity index (χ1n) is 9.77. The molecule has 30 heavy (non-hydrogen) atoms. The zero-order chi connectivity index (χ0) is 21.6. The van der Waals surface area contributed by atoms with E-state index in [0.717, 1.165) is 23.3 Å². The molecule has 1 amide bonds. The average molecular weight is 423 g/mol. The lowest BCUT2D eigenvalue weighted by atomic mass is 10.1. The molecule has 0 spiro atoms. The summed E-state index contributed by atoms with van der Waals surface area (Å²) in [5, 5.41) is 2.90. The van der Waals surface area contributed by atoms with Gasteiger partial charge in [-0.25, -0.2) is 0 Å². The van der Waals surface area contributed by atoms with Crippen molar-refractivity contribution in [1.29, 1.82) is 0 Å². The van der Waals surface area contributed by atoms with Crippen LogP contribution in [0.2, 0.25) is 0 Å². The molecular weight excluding hydrogens is 399 g/mol. The van der Waals surface area contributed by atoms with Gasteiger partial charge in [0.1, 0.15) is 5.75 Å². The van der Waals surface area contributed by atoms with Crippen molar-refractivity contribution in [3.63, 3.8) is 0 Å². The number of hydrogen-bond acceptors (Lipinski definition) is 4. The van der Waals surface area contributed by atoms with E-state index in [1.54, 1.807) is 12.1 Å². The van der Waals surface area contributed by atoms with Gasteiger partial charge in [-0.1, -0.05) is 18.2 Å². The molecular formula is C22H24F3NO4. The van der Waals surface area contributed by atoms with Crippen LogP contribution in [0, 0.1) is 0 Å². The molecule has 8 heteroatoms. The van der Waals surface area contributed by atoms with Crippen LogP contribution >= 0.6 is 0 Å². The van der Waals surface area contributed by atoms with Crippen molar-refractivity contribution in [2.24, 2.45) is 0 Å². The normalized spacial score (nSPS) is 14.5. The Morgan fingerprint density at radius 2 is 1.80 bits per heavy atom. The number of hydrogen-bond donors (Lipinski definition) is 1. The Kier molecular flexibility index (Phi) is 7.07. The van der Waals surface area contributed by atoms with Gasteiger partial charge in [0.05, 0.1) is 19.3 Å².